The van der Waals surface area contributed by atoms with E-state index in [4.69, 9.17) is 10.2 Å². The first-order valence-electron chi connectivity index (χ1n) is 11.3. The summed E-state index contributed by atoms with van der Waals surface area (Å²) >= 11 is 0.486. The fraction of sp³-hybridized carbons (Fsp3) is 0.240. The zero-order valence-electron chi connectivity index (χ0n) is 19.5. The molecule has 0 saturated heterocycles. The molecule has 0 spiro atoms. The van der Waals surface area contributed by atoms with Gasteiger partial charge in [0.25, 0.3) is 11.1 Å². The summed E-state index contributed by atoms with van der Waals surface area (Å²) in [7, 11) is 1.60. The summed E-state index contributed by atoms with van der Waals surface area (Å²) in [5, 5.41) is 13.5. The highest BCUT2D eigenvalue weighted by molar-refractivity contribution is 14.1. The molecule has 0 bridgehead atoms. The zero-order chi connectivity index (χ0) is 25.7. The van der Waals surface area contributed by atoms with Crippen molar-refractivity contribution in [3.63, 3.8) is 0 Å². The Morgan fingerprint density at radius 3 is 2.64 bits per heavy atom. The number of fused-ring (bicyclic) bond motifs is 1. The number of nitrogens with two attached hydrogens (primary N) is 1. The van der Waals surface area contributed by atoms with Gasteiger partial charge in [-0.3, -0.25) is 9.59 Å². The molecule has 1 saturated carbocycles. The second-order valence-electron chi connectivity index (χ2n) is 8.89. The second kappa shape index (κ2) is 9.61. The third-order valence-corrected chi connectivity index (χ3v) is 7.56. The fourth-order valence-corrected chi connectivity index (χ4v) is 5.31. The first kappa shape index (κ1) is 24.9. The average Bonchev–Trinajstić information content (AvgIpc) is 3.67. The van der Waals surface area contributed by atoms with Crippen molar-refractivity contribution >= 4 is 56.2 Å². The van der Waals surface area contributed by atoms with E-state index in [1.807, 2.05) is 40.8 Å². The van der Waals surface area contributed by atoms with Crippen molar-refractivity contribution in [1.82, 2.24) is 14.3 Å². The summed E-state index contributed by atoms with van der Waals surface area (Å²) in [4.78, 5) is 27.1. The summed E-state index contributed by atoms with van der Waals surface area (Å²) in [5.41, 5.74) is 2.22. The molecule has 11 heteroatoms. The Hall–Kier alpha value is -2.74. The predicted octanol–water partition coefficient (Wildman–Crippen LogP) is 4.02. The molecule has 1 unspecified atom stereocenters. The summed E-state index contributed by atoms with van der Waals surface area (Å²) in [5.74, 6) is -0.334. The van der Waals surface area contributed by atoms with Gasteiger partial charge in [-0.1, -0.05) is 18.2 Å². The molecule has 2 heterocycles. The van der Waals surface area contributed by atoms with Crippen LogP contribution in [0.2, 0.25) is 0 Å². The van der Waals surface area contributed by atoms with Crippen LogP contribution in [0, 0.1) is 16.3 Å². The van der Waals surface area contributed by atoms with Crippen LogP contribution in [0.25, 0.3) is 22.2 Å². The summed E-state index contributed by atoms with van der Waals surface area (Å²) in [6, 6.07) is 11.9. The van der Waals surface area contributed by atoms with Crippen LogP contribution in [0.15, 0.2) is 52.1 Å². The number of hydrogen-bond donors (Lipinski definition) is 2. The summed E-state index contributed by atoms with van der Waals surface area (Å²) in [6.45, 7) is 1.62. The van der Waals surface area contributed by atoms with Crippen LogP contribution in [-0.4, -0.2) is 18.9 Å². The van der Waals surface area contributed by atoms with E-state index >= 15 is 0 Å². The molecule has 1 aliphatic carbocycles. The van der Waals surface area contributed by atoms with Crippen molar-refractivity contribution in [3.05, 3.63) is 83.7 Å². The Morgan fingerprint density at radius 2 is 1.97 bits per heavy atom. The molecule has 186 valence electrons. The van der Waals surface area contributed by atoms with Gasteiger partial charge in [0.05, 0.1) is 28.3 Å². The molecule has 4 aromatic rings. The number of aromatic nitrogens is 3. The maximum atomic E-state index is 14.8. The van der Waals surface area contributed by atoms with Crippen LogP contribution in [0.3, 0.4) is 0 Å². The molecule has 1 aliphatic rings. The van der Waals surface area contributed by atoms with E-state index in [0.717, 1.165) is 22.0 Å². The lowest BCUT2D eigenvalue weighted by Gasteiger charge is -2.19. The highest BCUT2D eigenvalue weighted by Crippen LogP contribution is 2.37. The first-order chi connectivity index (χ1) is 17.2. The number of halogens is 2. The van der Waals surface area contributed by atoms with E-state index in [0.29, 0.717) is 22.3 Å². The first-order valence-corrected chi connectivity index (χ1v) is 13.7. The highest BCUT2D eigenvalue weighted by atomic mass is 127. The summed E-state index contributed by atoms with van der Waals surface area (Å²) in [6.07, 6.45) is 1.65. The van der Waals surface area contributed by atoms with Crippen LogP contribution in [0.1, 0.15) is 30.0 Å². The summed E-state index contributed by atoms with van der Waals surface area (Å²) < 4.78 is 30.0. The van der Waals surface area contributed by atoms with E-state index < -0.39 is 17.2 Å². The average molecular weight is 619 g/mol. The van der Waals surface area contributed by atoms with Crippen LogP contribution in [0.5, 0.6) is 0 Å². The van der Waals surface area contributed by atoms with Crippen molar-refractivity contribution in [2.45, 2.75) is 31.6 Å². The Bertz CT molecular complexity index is 1630. The minimum atomic E-state index is -1.53. The van der Waals surface area contributed by atoms with Crippen molar-refractivity contribution < 1.29 is 8.94 Å². The maximum Gasteiger partial charge on any atom is 0.278 e. The minimum Gasteiger partial charge on any atom is -0.598 e. The van der Waals surface area contributed by atoms with Gasteiger partial charge in [-0.2, -0.15) is 10.2 Å². The molecular weight excluding hydrogens is 596 g/mol. The minimum absolute atomic E-state index is 0.0409. The topological polar surface area (TPSA) is 118 Å². The number of pyridine rings is 1. The van der Waals surface area contributed by atoms with Crippen LogP contribution >= 0.6 is 22.6 Å². The predicted molar refractivity (Wildman–Crippen MR) is 148 cm³/mol. The monoisotopic (exact) mass is 619 g/mol. The Labute approximate surface area is 222 Å². The molecule has 3 N–H and O–H groups in total. The smallest absolute Gasteiger partial charge is 0.278 e. The van der Waals surface area contributed by atoms with Gasteiger partial charge in [0, 0.05) is 38.7 Å². The lowest BCUT2D eigenvalue weighted by Crippen LogP contribution is -2.30. The molecule has 8 nitrogen and oxygen atoms in total. The van der Waals surface area contributed by atoms with Crippen LogP contribution in [-0.2, 0) is 24.2 Å². The van der Waals surface area contributed by atoms with Gasteiger partial charge in [0.15, 0.2) is 0 Å². The van der Waals surface area contributed by atoms with Crippen molar-refractivity contribution in [1.29, 1.82) is 0 Å². The van der Waals surface area contributed by atoms with Gasteiger partial charge >= 0.3 is 0 Å². The molecule has 1 fully saturated rings. The Morgan fingerprint density at radius 1 is 1.22 bits per heavy atom. The SMILES string of the molecule is Cc1c(Nc2ccc(I)cc2F)c2c(=O)n(C3CC3)nc(-c3cccc(C[S+](N)[O-])c3)c2n(C)c1=O. The third kappa shape index (κ3) is 4.56. The normalized spacial score (nSPS) is 14.3. The van der Waals surface area contributed by atoms with E-state index in [-0.39, 0.29) is 39.7 Å². The lowest BCUT2D eigenvalue weighted by molar-refractivity contribution is 0.596. The molecule has 0 aliphatic heterocycles. The number of anilines is 2. The van der Waals surface area contributed by atoms with Crippen molar-refractivity contribution in [3.8, 4) is 11.3 Å². The van der Waals surface area contributed by atoms with Gasteiger partial charge in [0.1, 0.15) is 17.3 Å². The van der Waals surface area contributed by atoms with Crippen LogP contribution in [0.4, 0.5) is 15.8 Å². The van der Waals surface area contributed by atoms with Crippen LogP contribution < -0.4 is 21.6 Å². The number of benzene rings is 2. The molecule has 2 aromatic carbocycles. The van der Waals surface area contributed by atoms with Crippen molar-refractivity contribution in [2.75, 3.05) is 5.32 Å². The van der Waals surface area contributed by atoms with E-state index in [1.165, 1.54) is 15.3 Å². The molecule has 2 aromatic heterocycles. The number of nitrogens with one attached hydrogen (secondary N) is 1. The van der Waals surface area contributed by atoms with Gasteiger partial charge in [-0.15, -0.1) is 0 Å². The molecule has 0 radical (unpaired) electrons. The van der Waals surface area contributed by atoms with E-state index in [2.05, 4.69) is 5.32 Å². The molecular formula is C25H23FIN5O3S. The maximum absolute atomic E-state index is 14.8. The number of hydrogen-bond acceptors (Lipinski definition) is 6. The Balaban J connectivity index is 1.84. The highest BCUT2D eigenvalue weighted by Gasteiger charge is 2.30. The number of nitrogens with zero attached hydrogens (tertiary/aromatic N) is 3. The quantitative estimate of drug-likeness (QED) is 0.249. The van der Waals surface area contributed by atoms with Gasteiger partial charge < -0.3 is 14.4 Å². The molecule has 1 atom stereocenters. The lowest BCUT2D eigenvalue weighted by atomic mass is 10.0. The number of aryl methyl sites for hydroxylation is 1. The zero-order valence-corrected chi connectivity index (χ0v) is 22.5. The van der Waals surface area contributed by atoms with Crippen molar-refractivity contribution in [2.24, 2.45) is 12.2 Å². The van der Waals surface area contributed by atoms with E-state index in [9.17, 15) is 18.5 Å². The second-order valence-corrected chi connectivity index (χ2v) is 11.2. The van der Waals surface area contributed by atoms with Gasteiger partial charge in [-0.05, 0) is 66.6 Å². The number of rotatable bonds is 6. The third-order valence-electron chi connectivity index (χ3n) is 6.27. The molecule has 0 amide bonds. The standard InChI is InChI=1S/C25H23FIN5O3S/c1-13-21(29-19-9-6-16(27)11-18(19)26)20-23(31(2)24(13)33)22(30-32(25(20)34)17-7-8-17)15-5-3-4-14(10-15)12-36(28)35/h3-6,9-11,17,29H,7-8,12,28H2,1-2H3. The van der Waals surface area contributed by atoms with Gasteiger partial charge in [0.2, 0.25) is 0 Å². The fourth-order valence-electron chi connectivity index (χ4n) is 4.35. The molecule has 5 rings (SSSR count). The Kier molecular flexibility index (Phi) is 6.66. The molecule has 36 heavy (non-hydrogen) atoms. The van der Waals surface area contributed by atoms with E-state index in [1.54, 1.807) is 32.2 Å². The largest absolute Gasteiger partial charge is 0.598 e. The van der Waals surface area contributed by atoms with Gasteiger partial charge in [-0.25, -0.2) is 9.07 Å².